The minimum atomic E-state index is -3.92. The largest absolute Gasteiger partial charge is 0.450 e. The first-order valence-electron chi connectivity index (χ1n) is 6.09. The van der Waals surface area contributed by atoms with Gasteiger partial charge in [-0.15, -0.1) is 0 Å². The molecule has 0 radical (unpaired) electrons. The first-order valence-corrected chi connectivity index (χ1v) is 7.70. The van der Waals surface area contributed by atoms with Crippen molar-refractivity contribution in [2.45, 2.75) is 0 Å². The lowest BCUT2D eigenvalue weighted by Crippen LogP contribution is -2.06. The van der Waals surface area contributed by atoms with Crippen LogP contribution in [-0.2, 0) is 10.1 Å². The number of rotatable bonds is 2. The van der Waals surface area contributed by atoms with E-state index >= 15 is 0 Å². The number of ether oxygens (including phenoxy) is 2. The van der Waals surface area contributed by atoms with E-state index in [0.717, 1.165) is 23.0 Å². The van der Waals surface area contributed by atoms with E-state index in [2.05, 4.69) is 0 Å². The highest BCUT2D eigenvalue weighted by Gasteiger charge is 2.16. The molecule has 0 bridgehead atoms. The van der Waals surface area contributed by atoms with Crippen molar-refractivity contribution in [3.8, 4) is 23.0 Å². The van der Waals surface area contributed by atoms with Crippen LogP contribution in [0.1, 0.15) is 0 Å². The highest BCUT2D eigenvalue weighted by Crippen LogP contribution is 2.44. The van der Waals surface area contributed by atoms with Crippen LogP contribution in [0.2, 0.25) is 0 Å². The summed E-state index contributed by atoms with van der Waals surface area (Å²) in [6.07, 6.45) is 0. The third kappa shape index (κ3) is 4.45. The number of hydrogen-bond donors (Lipinski definition) is 2. The summed E-state index contributed by atoms with van der Waals surface area (Å²) in [7, 11) is -3.92. The molecule has 6 nitrogen and oxygen atoms in total. The van der Waals surface area contributed by atoms with Crippen LogP contribution in [0.5, 0.6) is 23.0 Å². The first-order chi connectivity index (χ1) is 9.99. The molecule has 2 N–H and O–H groups in total. The molecule has 3 rings (SSSR count). The van der Waals surface area contributed by atoms with Crippen LogP contribution in [-0.4, -0.2) is 30.4 Å². The summed E-state index contributed by atoms with van der Waals surface area (Å²) in [4.78, 5) is 0. The molecule has 7 heteroatoms. The monoisotopic (exact) mass is 310 g/mol. The molecule has 1 aliphatic rings. The second-order valence-electron chi connectivity index (χ2n) is 4.11. The third-order valence-electron chi connectivity index (χ3n) is 2.49. The Morgan fingerprint density at radius 1 is 0.810 bits per heavy atom. The maximum absolute atomic E-state index is 9.63. The minimum Gasteiger partial charge on any atom is -0.450 e. The Bertz CT molecular complexity index is 623. The quantitative estimate of drug-likeness (QED) is 0.706. The van der Waals surface area contributed by atoms with Crippen molar-refractivity contribution < 1.29 is 27.6 Å². The van der Waals surface area contributed by atoms with Crippen LogP contribution in [0.25, 0.3) is 0 Å². The molecule has 112 valence electrons. The van der Waals surface area contributed by atoms with Gasteiger partial charge in [0.05, 0.1) is 12.4 Å². The van der Waals surface area contributed by atoms with E-state index in [1.807, 2.05) is 48.5 Å². The lowest BCUT2D eigenvalue weighted by molar-refractivity contribution is 0.315. The van der Waals surface area contributed by atoms with Crippen LogP contribution < -0.4 is 9.47 Å². The molecule has 0 aliphatic carbocycles. The van der Waals surface area contributed by atoms with Crippen molar-refractivity contribution in [2.24, 2.45) is 0 Å². The summed E-state index contributed by atoms with van der Waals surface area (Å²) in [5.41, 5.74) is 0. The fourth-order valence-electron chi connectivity index (χ4n) is 1.59. The van der Waals surface area contributed by atoms with Gasteiger partial charge < -0.3 is 14.6 Å². The predicted octanol–water partition coefficient (Wildman–Crippen LogP) is 2.45. The Kier molecular flexibility index (Phi) is 4.79. The van der Waals surface area contributed by atoms with Crippen molar-refractivity contribution in [1.82, 2.24) is 0 Å². The second-order valence-corrected chi connectivity index (χ2v) is 5.68. The zero-order valence-corrected chi connectivity index (χ0v) is 11.8. The molecular formula is C14H14O6S. The Labute approximate surface area is 122 Å². The van der Waals surface area contributed by atoms with Crippen molar-refractivity contribution in [3.05, 3.63) is 48.5 Å². The SMILES string of the molecule is O=S(=O)(O)CCO.c1ccc2c(c1)Oc1ccccc1O2. The highest BCUT2D eigenvalue weighted by molar-refractivity contribution is 7.85. The molecule has 1 aliphatic heterocycles. The van der Waals surface area contributed by atoms with Gasteiger partial charge in [-0.05, 0) is 24.3 Å². The van der Waals surface area contributed by atoms with Crippen molar-refractivity contribution >= 4 is 10.1 Å². The van der Waals surface area contributed by atoms with Gasteiger partial charge in [-0.2, -0.15) is 8.42 Å². The molecule has 2 aromatic rings. The Balaban J connectivity index is 0.000000199. The maximum Gasteiger partial charge on any atom is 0.267 e. The Morgan fingerprint density at radius 2 is 1.14 bits per heavy atom. The summed E-state index contributed by atoms with van der Waals surface area (Å²) in [6, 6.07) is 15.3. The Morgan fingerprint density at radius 3 is 1.33 bits per heavy atom. The summed E-state index contributed by atoms with van der Waals surface area (Å²) >= 11 is 0. The van der Waals surface area contributed by atoms with Gasteiger partial charge in [0.2, 0.25) is 0 Å². The average Bonchev–Trinajstić information content (AvgIpc) is 2.44. The summed E-state index contributed by atoms with van der Waals surface area (Å²) < 4.78 is 38.4. The summed E-state index contributed by atoms with van der Waals surface area (Å²) in [6.45, 7) is -0.529. The molecule has 21 heavy (non-hydrogen) atoms. The molecule has 1 heterocycles. The molecular weight excluding hydrogens is 296 g/mol. The van der Waals surface area contributed by atoms with Gasteiger partial charge in [0.1, 0.15) is 0 Å². The van der Waals surface area contributed by atoms with Crippen LogP contribution in [0, 0.1) is 0 Å². The molecule has 0 saturated heterocycles. The zero-order valence-electron chi connectivity index (χ0n) is 11.0. The number of fused-ring (bicyclic) bond motifs is 2. The van der Waals surface area contributed by atoms with E-state index in [1.165, 1.54) is 0 Å². The number of para-hydroxylation sites is 4. The molecule has 0 spiro atoms. The third-order valence-corrected chi connectivity index (χ3v) is 3.19. The standard InChI is InChI=1S/C12H8O2.C2H6O4S/c1-2-6-10-9(5-1)13-11-7-3-4-8-12(11)14-10;3-1-2-7(4,5)6/h1-8H;3H,1-2H2,(H,4,5,6). The smallest absolute Gasteiger partial charge is 0.267 e. The topological polar surface area (TPSA) is 93.1 Å². The van der Waals surface area contributed by atoms with E-state index in [0.29, 0.717) is 0 Å². The van der Waals surface area contributed by atoms with Gasteiger partial charge in [-0.1, -0.05) is 24.3 Å². The van der Waals surface area contributed by atoms with Crippen LogP contribution in [0.15, 0.2) is 48.5 Å². The maximum atomic E-state index is 9.63. The van der Waals surface area contributed by atoms with Crippen molar-refractivity contribution in [1.29, 1.82) is 0 Å². The number of benzene rings is 2. The molecule has 0 amide bonds. The van der Waals surface area contributed by atoms with Gasteiger partial charge in [0, 0.05) is 0 Å². The molecule has 0 aromatic heterocycles. The number of aliphatic hydroxyl groups excluding tert-OH is 1. The molecule has 0 fully saturated rings. The normalized spacial score (nSPS) is 11.9. The van der Waals surface area contributed by atoms with Crippen LogP contribution in [0.3, 0.4) is 0 Å². The molecule has 0 saturated carbocycles. The molecule has 0 unspecified atom stereocenters. The zero-order chi connectivity index (χ0) is 15.3. The fraction of sp³-hybridized carbons (Fsp3) is 0.143. The van der Waals surface area contributed by atoms with Gasteiger partial charge >= 0.3 is 0 Å². The van der Waals surface area contributed by atoms with Gasteiger partial charge in [0.25, 0.3) is 10.1 Å². The van der Waals surface area contributed by atoms with E-state index < -0.39 is 22.5 Å². The van der Waals surface area contributed by atoms with Gasteiger partial charge in [-0.25, -0.2) is 0 Å². The summed E-state index contributed by atoms with van der Waals surface area (Å²) in [5.74, 6) is 2.50. The highest BCUT2D eigenvalue weighted by atomic mass is 32.2. The van der Waals surface area contributed by atoms with E-state index in [1.54, 1.807) is 0 Å². The minimum absolute atomic E-state index is 0.529. The lowest BCUT2D eigenvalue weighted by Gasteiger charge is -2.19. The van der Waals surface area contributed by atoms with E-state index in [4.69, 9.17) is 19.1 Å². The predicted molar refractivity (Wildman–Crippen MR) is 76.5 cm³/mol. The van der Waals surface area contributed by atoms with Crippen molar-refractivity contribution in [3.63, 3.8) is 0 Å². The number of hydrogen-bond acceptors (Lipinski definition) is 5. The first kappa shape index (κ1) is 15.3. The summed E-state index contributed by atoms with van der Waals surface area (Å²) in [5, 5.41) is 7.86. The van der Waals surface area contributed by atoms with E-state index in [9.17, 15) is 8.42 Å². The van der Waals surface area contributed by atoms with Crippen LogP contribution in [0.4, 0.5) is 0 Å². The van der Waals surface area contributed by atoms with E-state index in [-0.39, 0.29) is 0 Å². The fourth-order valence-corrected chi connectivity index (χ4v) is 1.82. The Hall–Kier alpha value is -2.09. The lowest BCUT2D eigenvalue weighted by atomic mass is 10.2. The van der Waals surface area contributed by atoms with Gasteiger partial charge in [-0.3, -0.25) is 4.55 Å². The second kappa shape index (κ2) is 6.57. The van der Waals surface area contributed by atoms with Gasteiger partial charge in [0.15, 0.2) is 23.0 Å². The number of aliphatic hydroxyl groups is 1. The van der Waals surface area contributed by atoms with Crippen LogP contribution >= 0.6 is 0 Å². The molecule has 2 aromatic carbocycles. The average molecular weight is 310 g/mol. The molecule has 0 atom stereocenters. The van der Waals surface area contributed by atoms with Crippen molar-refractivity contribution in [2.75, 3.05) is 12.4 Å².